The number of aryl methyl sites for hydroxylation is 1. The lowest BCUT2D eigenvalue weighted by atomic mass is 9.94. The lowest BCUT2D eigenvalue weighted by Gasteiger charge is -2.27. The largest absolute Gasteiger partial charge is 0.480 e. The monoisotopic (exact) mass is 233 g/mol. The van der Waals surface area contributed by atoms with Gasteiger partial charge in [0.1, 0.15) is 5.54 Å². The highest BCUT2D eigenvalue weighted by Gasteiger charge is 2.39. The van der Waals surface area contributed by atoms with Crippen LogP contribution in [0.4, 0.5) is 5.69 Å². The summed E-state index contributed by atoms with van der Waals surface area (Å²) in [6, 6.07) is 7.84. The zero-order valence-corrected chi connectivity index (χ0v) is 10.4. The molecule has 2 N–H and O–H groups in total. The molecule has 3 nitrogen and oxygen atoms in total. The number of aliphatic carboxylic acids is 1. The number of hydrogen-bond acceptors (Lipinski definition) is 2. The number of carbonyl (C=O) groups is 1. The van der Waals surface area contributed by atoms with Crippen molar-refractivity contribution >= 4 is 11.7 Å². The summed E-state index contributed by atoms with van der Waals surface area (Å²) < 4.78 is 0. The number of carboxylic acid groups (broad SMARTS) is 1. The molecule has 3 heteroatoms. The van der Waals surface area contributed by atoms with Crippen LogP contribution < -0.4 is 5.32 Å². The van der Waals surface area contributed by atoms with Gasteiger partial charge in [-0.25, -0.2) is 4.79 Å². The Hall–Kier alpha value is -1.51. The van der Waals surface area contributed by atoms with Crippen LogP contribution in [0, 0.1) is 12.8 Å². The maximum atomic E-state index is 11.4. The third-order valence-electron chi connectivity index (χ3n) is 3.30. The lowest BCUT2D eigenvalue weighted by Crippen LogP contribution is -2.43. The van der Waals surface area contributed by atoms with Crippen molar-refractivity contribution in [3.8, 4) is 0 Å². The summed E-state index contributed by atoms with van der Waals surface area (Å²) in [6.45, 7) is 3.78. The first-order chi connectivity index (χ1) is 7.99. The lowest BCUT2D eigenvalue weighted by molar-refractivity contribution is -0.142. The Labute approximate surface area is 102 Å². The summed E-state index contributed by atoms with van der Waals surface area (Å²) in [5.74, 6) is -0.195. The van der Waals surface area contributed by atoms with Crippen LogP contribution in [0.3, 0.4) is 0 Å². The highest BCUT2D eigenvalue weighted by Crippen LogP contribution is 2.38. The Balaban J connectivity index is 2.13. The molecule has 0 radical (unpaired) electrons. The summed E-state index contributed by atoms with van der Waals surface area (Å²) in [6.07, 6.45) is 3.03. The fraction of sp³-hybridized carbons (Fsp3) is 0.500. The maximum Gasteiger partial charge on any atom is 0.329 e. The second kappa shape index (κ2) is 4.40. The molecule has 0 amide bonds. The van der Waals surface area contributed by atoms with Crippen molar-refractivity contribution in [3.63, 3.8) is 0 Å². The van der Waals surface area contributed by atoms with Crippen molar-refractivity contribution in [2.24, 2.45) is 5.92 Å². The van der Waals surface area contributed by atoms with E-state index in [-0.39, 0.29) is 0 Å². The van der Waals surface area contributed by atoms with Gasteiger partial charge in [0.05, 0.1) is 0 Å². The maximum absolute atomic E-state index is 11.4. The molecule has 17 heavy (non-hydrogen) atoms. The van der Waals surface area contributed by atoms with Gasteiger partial charge < -0.3 is 10.4 Å². The van der Waals surface area contributed by atoms with Crippen LogP contribution in [0.25, 0.3) is 0 Å². The third kappa shape index (κ3) is 2.99. The summed E-state index contributed by atoms with van der Waals surface area (Å²) in [5.41, 5.74) is 1.17. The van der Waals surface area contributed by atoms with E-state index in [1.807, 2.05) is 31.2 Å². The first kappa shape index (κ1) is 12.0. The quantitative estimate of drug-likeness (QED) is 0.821. The van der Waals surface area contributed by atoms with Crippen molar-refractivity contribution in [2.75, 3.05) is 5.32 Å². The Morgan fingerprint density at radius 1 is 1.53 bits per heavy atom. The van der Waals surface area contributed by atoms with Crippen LogP contribution in [0.1, 0.15) is 31.7 Å². The van der Waals surface area contributed by atoms with Gasteiger partial charge in [0, 0.05) is 5.69 Å². The molecule has 92 valence electrons. The van der Waals surface area contributed by atoms with Crippen LogP contribution in [-0.2, 0) is 4.79 Å². The number of anilines is 1. The van der Waals surface area contributed by atoms with E-state index < -0.39 is 11.5 Å². The van der Waals surface area contributed by atoms with Gasteiger partial charge in [-0.3, -0.25) is 0 Å². The van der Waals surface area contributed by atoms with E-state index in [9.17, 15) is 9.90 Å². The number of carboxylic acids is 1. The molecule has 0 spiro atoms. The standard InChI is InChI=1S/C14H19NO2/c1-10-4-3-5-12(8-10)15-14(2,13(16)17)9-11-6-7-11/h3-5,8,11,15H,6-7,9H2,1-2H3,(H,16,17). The van der Waals surface area contributed by atoms with Gasteiger partial charge in [0.2, 0.25) is 0 Å². The second-order valence-electron chi connectivity index (χ2n) is 5.28. The van der Waals surface area contributed by atoms with Gasteiger partial charge in [0.15, 0.2) is 0 Å². The van der Waals surface area contributed by atoms with Gasteiger partial charge in [-0.2, -0.15) is 0 Å². The fourth-order valence-corrected chi connectivity index (χ4v) is 2.13. The topological polar surface area (TPSA) is 49.3 Å². The van der Waals surface area contributed by atoms with Crippen molar-refractivity contribution in [1.82, 2.24) is 0 Å². The average molecular weight is 233 g/mol. The number of benzene rings is 1. The SMILES string of the molecule is Cc1cccc(NC(C)(CC2CC2)C(=O)O)c1. The van der Waals surface area contributed by atoms with Gasteiger partial charge in [-0.15, -0.1) is 0 Å². The van der Waals surface area contributed by atoms with E-state index >= 15 is 0 Å². The van der Waals surface area contributed by atoms with Crippen molar-refractivity contribution in [1.29, 1.82) is 0 Å². The van der Waals surface area contributed by atoms with Crippen molar-refractivity contribution < 1.29 is 9.90 Å². The molecular weight excluding hydrogens is 214 g/mol. The summed E-state index contributed by atoms with van der Waals surface area (Å²) >= 11 is 0. The minimum Gasteiger partial charge on any atom is -0.480 e. The molecule has 0 heterocycles. The first-order valence-electron chi connectivity index (χ1n) is 6.08. The molecule has 0 saturated heterocycles. The first-order valence-corrected chi connectivity index (χ1v) is 6.08. The number of rotatable bonds is 5. The smallest absolute Gasteiger partial charge is 0.329 e. The number of hydrogen-bond donors (Lipinski definition) is 2. The Morgan fingerprint density at radius 3 is 2.76 bits per heavy atom. The Bertz CT molecular complexity index is 426. The molecule has 2 rings (SSSR count). The molecular formula is C14H19NO2. The molecule has 0 aromatic heterocycles. The third-order valence-corrected chi connectivity index (χ3v) is 3.30. The Morgan fingerprint density at radius 2 is 2.24 bits per heavy atom. The van der Waals surface area contributed by atoms with Gasteiger partial charge in [-0.05, 0) is 43.9 Å². The van der Waals surface area contributed by atoms with Crippen molar-refractivity contribution in [3.05, 3.63) is 29.8 Å². The summed E-state index contributed by atoms with van der Waals surface area (Å²) in [7, 11) is 0. The predicted molar refractivity (Wildman–Crippen MR) is 68.2 cm³/mol. The predicted octanol–water partition coefficient (Wildman–Crippen LogP) is 3.05. The minimum absolute atomic E-state index is 0.577. The van der Waals surface area contributed by atoms with Gasteiger partial charge >= 0.3 is 5.97 Å². The minimum atomic E-state index is -0.852. The molecule has 1 atom stereocenters. The van der Waals surface area contributed by atoms with Crippen LogP contribution in [-0.4, -0.2) is 16.6 Å². The highest BCUT2D eigenvalue weighted by molar-refractivity contribution is 5.82. The van der Waals surface area contributed by atoms with Crippen LogP contribution in [0.15, 0.2) is 24.3 Å². The number of nitrogens with one attached hydrogen (secondary N) is 1. The van der Waals surface area contributed by atoms with E-state index in [4.69, 9.17) is 0 Å². The van der Waals surface area contributed by atoms with Gasteiger partial charge in [-0.1, -0.05) is 25.0 Å². The molecule has 1 saturated carbocycles. The molecule has 1 unspecified atom stereocenters. The molecule has 1 fully saturated rings. The molecule has 1 aromatic rings. The molecule has 1 aromatic carbocycles. The van der Waals surface area contributed by atoms with Gasteiger partial charge in [0.25, 0.3) is 0 Å². The molecule has 0 bridgehead atoms. The Kier molecular flexibility index (Phi) is 3.09. The second-order valence-corrected chi connectivity index (χ2v) is 5.28. The van der Waals surface area contributed by atoms with E-state index in [1.165, 1.54) is 12.8 Å². The molecule has 1 aliphatic rings. The fourth-order valence-electron chi connectivity index (χ4n) is 2.13. The van der Waals surface area contributed by atoms with E-state index in [0.29, 0.717) is 12.3 Å². The highest BCUT2D eigenvalue weighted by atomic mass is 16.4. The van der Waals surface area contributed by atoms with Crippen LogP contribution >= 0.6 is 0 Å². The zero-order valence-electron chi connectivity index (χ0n) is 10.4. The van der Waals surface area contributed by atoms with E-state index in [1.54, 1.807) is 6.92 Å². The van der Waals surface area contributed by atoms with Crippen molar-refractivity contribution in [2.45, 2.75) is 38.6 Å². The zero-order chi connectivity index (χ0) is 12.5. The van der Waals surface area contributed by atoms with E-state index in [2.05, 4.69) is 5.32 Å². The van der Waals surface area contributed by atoms with Crippen LogP contribution in [0.5, 0.6) is 0 Å². The molecule has 0 aliphatic heterocycles. The normalized spacial score (nSPS) is 18.5. The molecule has 1 aliphatic carbocycles. The summed E-state index contributed by atoms with van der Waals surface area (Å²) in [5, 5.41) is 12.5. The van der Waals surface area contributed by atoms with Crippen LogP contribution in [0.2, 0.25) is 0 Å². The summed E-state index contributed by atoms with van der Waals surface area (Å²) in [4.78, 5) is 11.4. The van der Waals surface area contributed by atoms with E-state index in [0.717, 1.165) is 11.3 Å². The average Bonchev–Trinajstić information content (AvgIpc) is 3.01.